The molecule has 0 radical (unpaired) electrons. The van der Waals surface area contributed by atoms with Gasteiger partial charge >= 0.3 is 0 Å². The van der Waals surface area contributed by atoms with Crippen LogP contribution in [-0.2, 0) is 15.9 Å². The number of hydrogen-bond donors (Lipinski definition) is 1. The maximum atomic E-state index is 5.71. The molecule has 2 heterocycles. The smallest absolute Gasteiger partial charge is 0.162 e. The number of aromatic nitrogens is 1. The van der Waals surface area contributed by atoms with Crippen molar-refractivity contribution in [2.45, 2.75) is 26.1 Å². The molecule has 0 aliphatic carbocycles. The van der Waals surface area contributed by atoms with Crippen LogP contribution in [-0.4, -0.2) is 24.0 Å². The summed E-state index contributed by atoms with van der Waals surface area (Å²) in [7, 11) is 0. The van der Waals surface area contributed by atoms with Crippen molar-refractivity contribution >= 4 is 10.9 Å². The van der Waals surface area contributed by atoms with E-state index in [1.54, 1.807) is 0 Å². The molecule has 3 rings (SSSR count). The van der Waals surface area contributed by atoms with Crippen LogP contribution in [0.4, 0.5) is 0 Å². The monoisotopic (exact) mass is 245 g/mol. The number of fused-ring (bicyclic) bond motifs is 1. The van der Waals surface area contributed by atoms with Crippen LogP contribution in [0.5, 0.6) is 0 Å². The quantitative estimate of drug-likeness (QED) is 0.882. The largest absolute Gasteiger partial charge is 0.361 e. The predicted molar refractivity (Wildman–Crippen MR) is 71.5 cm³/mol. The highest BCUT2D eigenvalue weighted by atomic mass is 16.7. The topological polar surface area (TPSA) is 34.2 Å². The summed E-state index contributed by atoms with van der Waals surface area (Å²) in [5.74, 6) is 0.0220. The van der Waals surface area contributed by atoms with Gasteiger partial charge in [0.2, 0.25) is 0 Å². The zero-order valence-corrected chi connectivity index (χ0v) is 10.9. The Kier molecular flexibility index (Phi) is 2.88. The van der Waals surface area contributed by atoms with Gasteiger partial charge in [0.1, 0.15) is 0 Å². The molecule has 2 aromatic rings. The van der Waals surface area contributed by atoms with Crippen LogP contribution in [0.25, 0.3) is 10.9 Å². The van der Waals surface area contributed by atoms with Gasteiger partial charge in [0.15, 0.2) is 5.79 Å². The third-order valence-corrected chi connectivity index (χ3v) is 3.52. The van der Waals surface area contributed by atoms with E-state index in [9.17, 15) is 0 Å². The van der Waals surface area contributed by atoms with Crippen molar-refractivity contribution in [3.8, 4) is 0 Å². The van der Waals surface area contributed by atoms with Crippen molar-refractivity contribution in [3.63, 3.8) is 0 Å². The van der Waals surface area contributed by atoms with E-state index in [0.717, 1.165) is 19.6 Å². The van der Waals surface area contributed by atoms with Gasteiger partial charge in [-0.25, -0.2) is 0 Å². The number of nitrogens with one attached hydrogen (secondary N) is 1. The van der Waals surface area contributed by atoms with Gasteiger partial charge in [0, 0.05) is 23.0 Å². The molecule has 1 N–H and O–H groups in total. The molecule has 0 amide bonds. The number of hydrogen-bond acceptors (Lipinski definition) is 2. The lowest BCUT2D eigenvalue weighted by molar-refractivity contribution is -0.261. The SMILES string of the molecule is CC1(C)OCC(Cc2c[nH]c3ccccc23)CO1. The number of rotatable bonds is 2. The third kappa shape index (κ3) is 2.28. The zero-order chi connectivity index (χ0) is 12.6. The molecule has 3 nitrogen and oxygen atoms in total. The fourth-order valence-electron chi connectivity index (χ4n) is 2.46. The van der Waals surface area contributed by atoms with E-state index in [0.29, 0.717) is 5.92 Å². The molecule has 0 saturated carbocycles. The second-order valence-electron chi connectivity index (χ2n) is 5.45. The number of aromatic amines is 1. The van der Waals surface area contributed by atoms with Crippen LogP contribution < -0.4 is 0 Å². The zero-order valence-electron chi connectivity index (χ0n) is 10.9. The molecule has 3 heteroatoms. The first-order valence-electron chi connectivity index (χ1n) is 6.47. The van der Waals surface area contributed by atoms with Gasteiger partial charge in [0.25, 0.3) is 0 Å². The number of para-hydroxylation sites is 1. The summed E-state index contributed by atoms with van der Waals surface area (Å²) in [4.78, 5) is 3.31. The molecule has 1 fully saturated rings. The van der Waals surface area contributed by atoms with Crippen molar-refractivity contribution in [3.05, 3.63) is 36.0 Å². The molecule has 1 aromatic carbocycles. The number of H-pyrrole nitrogens is 1. The van der Waals surface area contributed by atoms with Crippen LogP contribution in [0.1, 0.15) is 19.4 Å². The Bertz CT molecular complexity index is 534. The lowest BCUT2D eigenvalue weighted by atomic mass is 9.99. The van der Waals surface area contributed by atoms with E-state index in [-0.39, 0.29) is 0 Å². The minimum atomic E-state index is -0.420. The normalized spacial score (nSPS) is 20.3. The van der Waals surface area contributed by atoms with Crippen LogP contribution in [0, 0.1) is 5.92 Å². The summed E-state index contributed by atoms with van der Waals surface area (Å²) in [6, 6.07) is 8.40. The molecular formula is C15H19NO2. The van der Waals surface area contributed by atoms with Crippen LogP contribution in [0.2, 0.25) is 0 Å². The molecule has 0 atom stereocenters. The van der Waals surface area contributed by atoms with E-state index in [2.05, 4.69) is 35.4 Å². The summed E-state index contributed by atoms with van der Waals surface area (Å²) in [6.45, 7) is 5.48. The fourth-order valence-corrected chi connectivity index (χ4v) is 2.46. The van der Waals surface area contributed by atoms with E-state index >= 15 is 0 Å². The first-order valence-corrected chi connectivity index (χ1v) is 6.47. The Morgan fingerprint density at radius 3 is 2.72 bits per heavy atom. The second kappa shape index (κ2) is 4.41. The molecule has 0 unspecified atom stereocenters. The van der Waals surface area contributed by atoms with E-state index in [1.807, 2.05) is 13.8 Å². The molecule has 1 aliphatic rings. The van der Waals surface area contributed by atoms with Gasteiger partial charge in [-0.1, -0.05) is 18.2 Å². The van der Waals surface area contributed by atoms with Gasteiger partial charge < -0.3 is 14.5 Å². The Balaban J connectivity index is 1.74. The average Bonchev–Trinajstić information content (AvgIpc) is 2.76. The van der Waals surface area contributed by atoms with Crippen molar-refractivity contribution < 1.29 is 9.47 Å². The average molecular weight is 245 g/mol. The van der Waals surface area contributed by atoms with E-state index in [4.69, 9.17) is 9.47 Å². The maximum absolute atomic E-state index is 5.71. The minimum Gasteiger partial charge on any atom is -0.361 e. The van der Waals surface area contributed by atoms with Gasteiger partial charge in [-0.05, 0) is 31.9 Å². The summed E-state index contributed by atoms with van der Waals surface area (Å²) in [5, 5.41) is 1.31. The molecule has 1 aromatic heterocycles. The van der Waals surface area contributed by atoms with E-state index in [1.165, 1.54) is 16.5 Å². The van der Waals surface area contributed by atoms with Crippen LogP contribution in [0.15, 0.2) is 30.5 Å². The summed E-state index contributed by atoms with van der Waals surface area (Å²) in [5.41, 5.74) is 2.55. The molecule has 1 saturated heterocycles. The number of benzene rings is 1. The van der Waals surface area contributed by atoms with Gasteiger partial charge in [-0.2, -0.15) is 0 Å². The van der Waals surface area contributed by atoms with Crippen LogP contribution in [0.3, 0.4) is 0 Å². The van der Waals surface area contributed by atoms with Crippen LogP contribution >= 0.6 is 0 Å². The minimum absolute atomic E-state index is 0.420. The Labute approximate surface area is 107 Å². The molecule has 18 heavy (non-hydrogen) atoms. The van der Waals surface area contributed by atoms with Crippen molar-refractivity contribution in [1.82, 2.24) is 4.98 Å². The van der Waals surface area contributed by atoms with Crippen molar-refractivity contribution in [1.29, 1.82) is 0 Å². The van der Waals surface area contributed by atoms with Crippen molar-refractivity contribution in [2.75, 3.05) is 13.2 Å². The van der Waals surface area contributed by atoms with Gasteiger partial charge in [-0.3, -0.25) is 0 Å². The third-order valence-electron chi connectivity index (χ3n) is 3.52. The Morgan fingerprint density at radius 2 is 1.94 bits per heavy atom. The number of ether oxygens (including phenoxy) is 2. The molecule has 96 valence electrons. The Morgan fingerprint density at radius 1 is 1.22 bits per heavy atom. The first-order chi connectivity index (χ1) is 8.64. The fraction of sp³-hybridized carbons (Fsp3) is 0.467. The summed E-state index contributed by atoms with van der Waals surface area (Å²) < 4.78 is 11.4. The highest BCUT2D eigenvalue weighted by molar-refractivity contribution is 5.83. The first kappa shape index (κ1) is 11.8. The van der Waals surface area contributed by atoms with Gasteiger partial charge in [-0.15, -0.1) is 0 Å². The molecule has 0 bridgehead atoms. The molecule has 0 spiro atoms. The highest BCUT2D eigenvalue weighted by Gasteiger charge is 2.28. The van der Waals surface area contributed by atoms with Crippen molar-refractivity contribution in [2.24, 2.45) is 5.92 Å². The molecular weight excluding hydrogens is 226 g/mol. The highest BCUT2D eigenvalue weighted by Crippen LogP contribution is 2.26. The predicted octanol–water partition coefficient (Wildman–Crippen LogP) is 3.11. The molecule has 1 aliphatic heterocycles. The second-order valence-corrected chi connectivity index (χ2v) is 5.45. The standard InChI is InChI=1S/C15H19NO2/c1-15(2)17-9-11(10-18-15)7-12-8-16-14-6-4-3-5-13(12)14/h3-6,8,11,16H,7,9-10H2,1-2H3. The Hall–Kier alpha value is -1.32. The van der Waals surface area contributed by atoms with Gasteiger partial charge in [0.05, 0.1) is 13.2 Å². The lowest BCUT2D eigenvalue weighted by Gasteiger charge is -2.34. The maximum Gasteiger partial charge on any atom is 0.162 e. The van der Waals surface area contributed by atoms with E-state index < -0.39 is 5.79 Å². The lowest BCUT2D eigenvalue weighted by Crippen LogP contribution is -2.39. The summed E-state index contributed by atoms with van der Waals surface area (Å²) >= 11 is 0. The summed E-state index contributed by atoms with van der Waals surface area (Å²) in [6.07, 6.45) is 3.10.